The number of hydrogen-bond donors (Lipinski definition) is 1. The Morgan fingerprint density at radius 2 is 1.77 bits per heavy atom. The number of nitrogens with two attached hydrogens (primary N) is 1. The fourth-order valence-electron chi connectivity index (χ4n) is 1.75. The van der Waals surface area contributed by atoms with E-state index in [1.165, 1.54) is 21.9 Å². The monoisotopic (exact) mass is 171 g/mol. The molecule has 1 heteroatoms. The quantitative estimate of drug-likeness (QED) is 0.606. The standard InChI is InChI=1S/C12H13N/c1-8-5-9(2)12-7-11(13)4-3-10(12)6-8/h3-7H,13H2,1-2H3. The molecule has 2 rings (SSSR count). The van der Waals surface area contributed by atoms with Crippen LogP contribution in [0.2, 0.25) is 0 Å². The van der Waals surface area contributed by atoms with Gasteiger partial charge in [0, 0.05) is 5.69 Å². The first-order chi connectivity index (χ1) is 6.16. The van der Waals surface area contributed by atoms with Crippen LogP contribution < -0.4 is 5.73 Å². The van der Waals surface area contributed by atoms with Crippen molar-refractivity contribution in [1.29, 1.82) is 0 Å². The van der Waals surface area contributed by atoms with Crippen molar-refractivity contribution in [2.75, 3.05) is 5.73 Å². The Morgan fingerprint density at radius 3 is 2.54 bits per heavy atom. The average Bonchev–Trinajstić information content (AvgIpc) is 2.06. The highest BCUT2D eigenvalue weighted by Crippen LogP contribution is 2.22. The third-order valence-electron chi connectivity index (χ3n) is 2.33. The zero-order valence-electron chi connectivity index (χ0n) is 7.96. The minimum Gasteiger partial charge on any atom is -0.399 e. The highest BCUT2D eigenvalue weighted by Gasteiger charge is 1.98. The molecule has 2 N–H and O–H groups in total. The summed E-state index contributed by atoms with van der Waals surface area (Å²) in [5, 5.41) is 2.53. The van der Waals surface area contributed by atoms with Crippen LogP contribution in [0.15, 0.2) is 30.3 Å². The Balaban J connectivity index is 2.87. The normalized spacial score (nSPS) is 10.6. The summed E-state index contributed by atoms with van der Waals surface area (Å²) in [6.45, 7) is 4.23. The van der Waals surface area contributed by atoms with E-state index in [0.717, 1.165) is 5.69 Å². The van der Waals surface area contributed by atoms with E-state index < -0.39 is 0 Å². The van der Waals surface area contributed by atoms with E-state index in [-0.39, 0.29) is 0 Å². The molecule has 0 radical (unpaired) electrons. The molecule has 0 spiro atoms. The van der Waals surface area contributed by atoms with Crippen LogP contribution in [0.5, 0.6) is 0 Å². The predicted molar refractivity (Wildman–Crippen MR) is 57.8 cm³/mol. The van der Waals surface area contributed by atoms with Crippen LogP contribution in [-0.4, -0.2) is 0 Å². The van der Waals surface area contributed by atoms with Gasteiger partial charge in [-0.2, -0.15) is 0 Å². The highest BCUT2D eigenvalue weighted by molar-refractivity contribution is 5.88. The van der Waals surface area contributed by atoms with Gasteiger partial charge in [-0.05, 0) is 42.3 Å². The van der Waals surface area contributed by atoms with Crippen molar-refractivity contribution >= 4 is 16.5 Å². The molecule has 0 aliphatic heterocycles. The molecule has 0 aliphatic rings. The van der Waals surface area contributed by atoms with E-state index in [9.17, 15) is 0 Å². The second-order valence-electron chi connectivity index (χ2n) is 3.56. The van der Waals surface area contributed by atoms with Crippen molar-refractivity contribution < 1.29 is 0 Å². The topological polar surface area (TPSA) is 26.0 Å². The summed E-state index contributed by atoms with van der Waals surface area (Å²) in [7, 11) is 0. The van der Waals surface area contributed by atoms with Crippen molar-refractivity contribution in [3.8, 4) is 0 Å². The first-order valence-electron chi connectivity index (χ1n) is 4.43. The van der Waals surface area contributed by atoms with Crippen molar-refractivity contribution in [2.45, 2.75) is 13.8 Å². The molecule has 1 nitrogen and oxygen atoms in total. The first kappa shape index (κ1) is 8.11. The lowest BCUT2D eigenvalue weighted by Crippen LogP contribution is -1.86. The van der Waals surface area contributed by atoms with Crippen LogP contribution in [0.3, 0.4) is 0 Å². The fourth-order valence-corrected chi connectivity index (χ4v) is 1.75. The summed E-state index contributed by atoms with van der Waals surface area (Å²) in [5.74, 6) is 0. The van der Waals surface area contributed by atoms with Gasteiger partial charge in [0.15, 0.2) is 0 Å². The molecule has 66 valence electrons. The summed E-state index contributed by atoms with van der Waals surface area (Å²) >= 11 is 0. The number of hydrogen-bond acceptors (Lipinski definition) is 1. The smallest absolute Gasteiger partial charge is 0.0320 e. The van der Waals surface area contributed by atoms with Gasteiger partial charge in [0.1, 0.15) is 0 Å². The highest BCUT2D eigenvalue weighted by atomic mass is 14.5. The van der Waals surface area contributed by atoms with Crippen molar-refractivity contribution in [3.05, 3.63) is 41.5 Å². The van der Waals surface area contributed by atoms with Crippen molar-refractivity contribution in [2.24, 2.45) is 0 Å². The zero-order chi connectivity index (χ0) is 9.42. The summed E-state index contributed by atoms with van der Waals surface area (Å²) in [6.07, 6.45) is 0. The lowest BCUT2D eigenvalue weighted by atomic mass is 10.0. The fraction of sp³-hybridized carbons (Fsp3) is 0.167. The largest absolute Gasteiger partial charge is 0.399 e. The van der Waals surface area contributed by atoms with E-state index in [0.29, 0.717) is 0 Å². The van der Waals surface area contributed by atoms with Gasteiger partial charge in [-0.1, -0.05) is 23.8 Å². The third kappa shape index (κ3) is 1.37. The van der Waals surface area contributed by atoms with E-state index in [1.807, 2.05) is 12.1 Å². The predicted octanol–water partition coefficient (Wildman–Crippen LogP) is 3.04. The lowest BCUT2D eigenvalue weighted by Gasteiger charge is -2.04. The Morgan fingerprint density at radius 1 is 1.00 bits per heavy atom. The van der Waals surface area contributed by atoms with Gasteiger partial charge in [0.2, 0.25) is 0 Å². The maximum atomic E-state index is 5.73. The van der Waals surface area contributed by atoms with Crippen molar-refractivity contribution in [3.63, 3.8) is 0 Å². The molecular weight excluding hydrogens is 158 g/mol. The van der Waals surface area contributed by atoms with Crippen LogP contribution in [-0.2, 0) is 0 Å². The minimum absolute atomic E-state index is 0.833. The molecule has 0 aromatic heterocycles. The second kappa shape index (κ2) is 2.77. The van der Waals surface area contributed by atoms with Gasteiger partial charge in [-0.3, -0.25) is 0 Å². The van der Waals surface area contributed by atoms with E-state index in [4.69, 9.17) is 5.73 Å². The zero-order valence-corrected chi connectivity index (χ0v) is 7.96. The number of fused-ring (bicyclic) bond motifs is 1. The van der Waals surface area contributed by atoms with Crippen LogP contribution in [0.4, 0.5) is 5.69 Å². The molecule has 0 unspecified atom stereocenters. The van der Waals surface area contributed by atoms with E-state index in [2.05, 4.69) is 32.0 Å². The molecule has 0 heterocycles. The van der Waals surface area contributed by atoms with Gasteiger partial charge in [0.05, 0.1) is 0 Å². The molecule has 0 bridgehead atoms. The van der Waals surface area contributed by atoms with Crippen LogP contribution in [0, 0.1) is 13.8 Å². The summed E-state index contributed by atoms with van der Waals surface area (Å²) in [5.41, 5.74) is 9.16. The third-order valence-corrected chi connectivity index (χ3v) is 2.33. The summed E-state index contributed by atoms with van der Waals surface area (Å²) in [4.78, 5) is 0. The lowest BCUT2D eigenvalue weighted by molar-refractivity contribution is 1.43. The Kier molecular flexibility index (Phi) is 1.73. The molecule has 0 amide bonds. The molecule has 2 aromatic carbocycles. The molecular formula is C12H13N. The van der Waals surface area contributed by atoms with E-state index >= 15 is 0 Å². The molecule has 13 heavy (non-hydrogen) atoms. The van der Waals surface area contributed by atoms with Gasteiger partial charge in [-0.15, -0.1) is 0 Å². The SMILES string of the molecule is Cc1cc(C)c2cc(N)ccc2c1. The number of anilines is 1. The van der Waals surface area contributed by atoms with Crippen LogP contribution >= 0.6 is 0 Å². The van der Waals surface area contributed by atoms with E-state index in [1.54, 1.807) is 0 Å². The molecule has 0 aliphatic carbocycles. The van der Waals surface area contributed by atoms with Crippen molar-refractivity contribution in [1.82, 2.24) is 0 Å². The summed E-state index contributed by atoms with van der Waals surface area (Å²) < 4.78 is 0. The van der Waals surface area contributed by atoms with Gasteiger partial charge in [0.25, 0.3) is 0 Å². The minimum atomic E-state index is 0.833. The number of benzene rings is 2. The Hall–Kier alpha value is -1.50. The molecule has 0 fully saturated rings. The maximum absolute atomic E-state index is 5.73. The van der Waals surface area contributed by atoms with Crippen LogP contribution in [0.25, 0.3) is 10.8 Å². The molecule has 2 aromatic rings. The van der Waals surface area contributed by atoms with Gasteiger partial charge in [-0.25, -0.2) is 0 Å². The van der Waals surface area contributed by atoms with Gasteiger partial charge < -0.3 is 5.73 Å². The maximum Gasteiger partial charge on any atom is 0.0320 e. The first-order valence-corrected chi connectivity index (χ1v) is 4.43. The molecule has 0 atom stereocenters. The average molecular weight is 171 g/mol. The molecule has 0 saturated heterocycles. The number of aryl methyl sites for hydroxylation is 2. The Bertz CT molecular complexity index is 458. The number of nitrogen functional groups attached to an aromatic ring is 1. The summed E-state index contributed by atoms with van der Waals surface area (Å²) in [6, 6.07) is 10.4. The molecule has 0 saturated carbocycles. The van der Waals surface area contributed by atoms with Crippen LogP contribution in [0.1, 0.15) is 11.1 Å². The Labute approximate surface area is 78.2 Å². The second-order valence-corrected chi connectivity index (χ2v) is 3.56. The van der Waals surface area contributed by atoms with Gasteiger partial charge >= 0.3 is 0 Å². The number of rotatable bonds is 0.